The number of piperidine rings is 1. The summed E-state index contributed by atoms with van der Waals surface area (Å²) in [5, 5.41) is 15.2. The highest BCUT2D eigenvalue weighted by atomic mass is 16.3. The number of para-hydroxylation sites is 2. The molecule has 4 atom stereocenters. The lowest BCUT2D eigenvalue weighted by Crippen LogP contribution is -2.57. The molecule has 0 radical (unpaired) electrons. The van der Waals surface area contributed by atoms with Crippen LogP contribution < -0.4 is 5.32 Å². The Morgan fingerprint density at radius 1 is 1.10 bits per heavy atom. The van der Waals surface area contributed by atoms with Gasteiger partial charge in [-0.3, -0.25) is 4.90 Å². The SMILES string of the molecule is Cc1cccc(-c2cccc3c4c([nH]c23)[C@@H]2C[C@H](N(C)C(=O)Nc3ccccc3C)[C@H]([C@H](C)O)CN2CC4)c1. The first kappa shape index (κ1) is 25.7. The molecule has 6 heteroatoms. The first-order chi connectivity index (χ1) is 18.8. The van der Waals surface area contributed by atoms with Crippen LogP contribution in [0.25, 0.3) is 22.0 Å². The van der Waals surface area contributed by atoms with E-state index in [0.717, 1.165) is 37.2 Å². The number of rotatable bonds is 4. The molecular weight excluding hydrogens is 484 g/mol. The van der Waals surface area contributed by atoms with Crippen LogP contribution in [0.4, 0.5) is 10.5 Å². The van der Waals surface area contributed by atoms with Crippen molar-refractivity contribution in [3.8, 4) is 11.1 Å². The molecule has 4 aromatic rings. The van der Waals surface area contributed by atoms with Gasteiger partial charge in [0, 0.05) is 54.4 Å². The number of aliphatic hydroxyl groups is 1. The van der Waals surface area contributed by atoms with Crippen molar-refractivity contribution in [2.24, 2.45) is 5.92 Å². The summed E-state index contributed by atoms with van der Waals surface area (Å²) >= 11 is 0. The second-order valence-electron chi connectivity index (χ2n) is 11.4. The lowest BCUT2D eigenvalue weighted by molar-refractivity contribution is -0.0177. The molecule has 3 N–H and O–H groups in total. The minimum atomic E-state index is -0.512. The zero-order valence-electron chi connectivity index (χ0n) is 23.2. The molecule has 3 heterocycles. The third-order valence-corrected chi connectivity index (χ3v) is 8.95. The van der Waals surface area contributed by atoms with E-state index in [4.69, 9.17) is 0 Å². The minimum absolute atomic E-state index is 0.0253. The summed E-state index contributed by atoms with van der Waals surface area (Å²) in [5.74, 6) is -0.0253. The predicted molar refractivity (Wildman–Crippen MR) is 158 cm³/mol. The summed E-state index contributed by atoms with van der Waals surface area (Å²) in [5.41, 5.74) is 9.38. The number of carbonyl (C=O) groups excluding carboxylic acids is 1. The molecule has 1 saturated heterocycles. The Morgan fingerprint density at radius 2 is 1.90 bits per heavy atom. The van der Waals surface area contributed by atoms with Crippen LogP contribution in [0.1, 0.15) is 41.8 Å². The van der Waals surface area contributed by atoms with Gasteiger partial charge in [0.25, 0.3) is 0 Å². The standard InChI is InChI=1S/C33H38N4O2/c1-20-9-7-11-23(17-20)24-12-8-13-25-26-15-16-37-19-27(22(3)38)29(18-30(37)32(26)35-31(24)25)36(4)33(39)34-28-14-6-5-10-21(28)2/h5-14,17,22,27,29-30,35,38H,15-16,18-19H2,1-4H3,(H,34,39)/t22-,27-,29-,30-/m0/s1. The normalized spacial score (nSPS) is 21.7. The van der Waals surface area contributed by atoms with Gasteiger partial charge in [-0.25, -0.2) is 4.79 Å². The Balaban J connectivity index is 1.34. The van der Waals surface area contributed by atoms with Gasteiger partial charge in [-0.05, 0) is 56.4 Å². The van der Waals surface area contributed by atoms with Gasteiger partial charge in [-0.15, -0.1) is 0 Å². The predicted octanol–water partition coefficient (Wildman–Crippen LogP) is 6.28. The molecule has 1 fully saturated rings. The fraction of sp³-hybridized carbons (Fsp3) is 0.364. The summed E-state index contributed by atoms with van der Waals surface area (Å²) in [6.07, 6.45) is 1.23. The number of nitrogens with one attached hydrogen (secondary N) is 2. The summed E-state index contributed by atoms with van der Waals surface area (Å²) in [6, 6.07) is 23.0. The number of aryl methyl sites for hydroxylation is 2. The molecule has 6 rings (SSSR count). The number of aromatic nitrogens is 1. The number of hydrogen-bond acceptors (Lipinski definition) is 3. The lowest BCUT2D eigenvalue weighted by atomic mass is 9.80. The van der Waals surface area contributed by atoms with Gasteiger partial charge >= 0.3 is 6.03 Å². The maximum absolute atomic E-state index is 13.4. The highest BCUT2D eigenvalue weighted by Gasteiger charge is 2.44. The van der Waals surface area contributed by atoms with E-state index in [9.17, 15) is 9.90 Å². The van der Waals surface area contributed by atoms with Crippen LogP contribution >= 0.6 is 0 Å². The molecule has 0 spiro atoms. The molecule has 0 aliphatic carbocycles. The van der Waals surface area contributed by atoms with Crippen molar-refractivity contribution in [2.75, 3.05) is 25.5 Å². The van der Waals surface area contributed by atoms with E-state index in [1.54, 1.807) is 0 Å². The molecule has 0 saturated carbocycles. The van der Waals surface area contributed by atoms with Crippen LogP contribution in [-0.2, 0) is 6.42 Å². The fourth-order valence-corrected chi connectivity index (χ4v) is 6.76. The molecule has 0 unspecified atom stereocenters. The smallest absolute Gasteiger partial charge is 0.321 e. The van der Waals surface area contributed by atoms with E-state index >= 15 is 0 Å². The van der Waals surface area contributed by atoms with E-state index in [0.29, 0.717) is 0 Å². The number of nitrogens with zero attached hydrogens (tertiary/aromatic N) is 2. The quantitative estimate of drug-likeness (QED) is 0.295. The number of carbonyl (C=O) groups is 1. The molecule has 6 nitrogen and oxygen atoms in total. The van der Waals surface area contributed by atoms with Crippen molar-refractivity contribution in [3.63, 3.8) is 0 Å². The Bertz CT molecular complexity index is 1520. The Kier molecular flexibility index (Phi) is 6.69. The highest BCUT2D eigenvalue weighted by molar-refractivity contribution is 5.97. The number of fused-ring (bicyclic) bond motifs is 5. The van der Waals surface area contributed by atoms with Crippen LogP contribution in [0.15, 0.2) is 66.7 Å². The second kappa shape index (κ2) is 10.2. The second-order valence-corrected chi connectivity index (χ2v) is 11.4. The van der Waals surface area contributed by atoms with E-state index < -0.39 is 6.10 Å². The minimum Gasteiger partial charge on any atom is -0.393 e. The van der Waals surface area contributed by atoms with E-state index in [1.165, 1.54) is 38.9 Å². The van der Waals surface area contributed by atoms with Crippen molar-refractivity contribution in [3.05, 3.63) is 89.1 Å². The molecule has 0 bridgehead atoms. The van der Waals surface area contributed by atoms with Crippen LogP contribution in [0.2, 0.25) is 0 Å². The van der Waals surface area contributed by atoms with Crippen LogP contribution in [0, 0.1) is 19.8 Å². The van der Waals surface area contributed by atoms with Crippen LogP contribution in [0.5, 0.6) is 0 Å². The number of aliphatic hydroxyl groups excluding tert-OH is 1. The van der Waals surface area contributed by atoms with E-state index in [-0.39, 0.29) is 24.0 Å². The number of aromatic amines is 1. The molecule has 3 aromatic carbocycles. The Morgan fingerprint density at radius 3 is 2.67 bits per heavy atom. The fourth-order valence-electron chi connectivity index (χ4n) is 6.76. The van der Waals surface area contributed by atoms with Gasteiger partial charge in [0.15, 0.2) is 0 Å². The van der Waals surface area contributed by atoms with Crippen molar-refractivity contribution >= 4 is 22.6 Å². The molecule has 2 aliphatic heterocycles. The van der Waals surface area contributed by atoms with Crippen LogP contribution in [0.3, 0.4) is 0 Å². The summed E-state index contributed by atoms with van der Waals surface area (Å²) < 4.78 is 0. The Labute approximate surface area is 230 Å². The van der Waals surface area contributed by atoms with Gasteiger partial charge in [-0.1, -0.05) is 66.2 Å². The summed E-state index contributed by atoms with van der Waals surface area (Å²) in [7, 11) is 1.87. The molecular formula is C33H38N4O2. The van der Waals surface area contributed by atoms with Crippen LogP contribution in [-0.4, -0.2) is 58.2 Å². The number of anilines is 1. The van der Waals surface area contributed by atoms with E-state index in [1.807, 2.05) is 50.1 Å². The van der Waals surface area contributed by atoms with Gasteiger partial charge in [-0.2, -0.15) is 0 Å². The van der Waals surface area contributed by atoms with Gasteiger partial charge in [0.1, 0.15) is 0 Å². The number of urea groups is 1. The third-order valence-electron chi connectivity index (χ3n) is 8.95. The lowest BCUT2D eigenvalue weighted by Gasteiger charge is -2.49. The summed E-state index contributed by atoms with van der Waals surface area (Å²) in [4.78, 5) is 21.6. The third kappa shape index (κ3) is 4.62. The van der Waals surface area contributed by atoms with Crippen molar-refractivity contribution < 1.29 is 9.90 Å². The molecule has 202 valence electrons. The number of hydrogen-bond donors (Lipinski definition) is 3. The average Bonchev–Trinajstić information content (AvgIpc) is 3.32. The maximum Gasteiger partial charge on any atom is 0.321 e. The van der Waals surface area contributed by atoms with Crippen molar-refractivity contribution in [1.29, 1.82) is 0 Å². The topological polar surface area (TPSA) is 71.6 Å². The molecule has 1 aromatic heterocycles. The first-order valence-electron chi connectivity index (χ1n) is 14.0. The largest absolute Gasteiger partial charge is 0.393 e. The zero-order chi connectivity index (χ0) is 27.3. The number of H-pyrrole nitrogens is 1. The molecule has 39 heavy (non-hydrogen) atoms. The van der Waals surface area contributed by atoms with Crippen molar-refractivity contribution in [2.45, 2.75) is 51.8 Å². The monoisotopic (exact) mass is 522 g/mol. The first-order valence-corrected chi connectivity index (χ1v) is 14.0. The van der Waals surface area contributed by atoms with Gasteiger partial charge in [0.05, 0.1) is 17.7 Å². The number of amides is 2. The highest BCUT2D eigenvalue weighted by Crippen LogP contribution is 2.44. The van der Waals surface area contributed by atoms with Gasteiger partial charge < -0.3 is 20.3 Å². The van der Waals surface area contributed by atoms with E-state index in [2.05, 4.69) is 64.6 Å². The summed E-state index contributed by atoms with van der Waals surface area (Å²) in [6.45, 7) is 7.70. The molecule has 2 aliphatic rings. The molecule has 2 amide bonds. The number of benzene rings is 3. The van der Waals surface area contributed by atoms with Gasteiger partial charge in [0.2, 0.25) is 0 Å². The van der Waals surface area contributed by atoms with Crippen molar-refractivity contribution in [1.82, 2.24) is 14.8 Å². The zero-order valence-corrected chi connectivity index (χ0v) is 23.2. The Hall–Kier alpha value is -3.61. The maximum atomic E-state index is 13.4. The average molecular weight is 523 g/mol.